The minimum atomic E-state index is -0.469. The molecule has 1 unspecified atom stereocenters. The lowest BCUT2D eigenvalue weighted by Gasteiger charge is -2.15. The molecule has 0 aliphatic heterocycles. The number of ketones is 1. The molecule has 0 radical (unpaired) electrons. The van der Waals surface area contributed by atoms with Gasteiger partial charge >= 0.3 is 0 Å². The van der Waals surface area contributed by atoms with Gasteiger partial charge in [-0.25, -0.2) is 0 Å². The van der Waals surface area contributed by atoms with E-state index in [-0.39, 0.29) is 11.7 Å². The molecule has 1 aromatic heterocycles. The summed E-state index contributed by atoms with van der Waals surface area (Å²) in [5.74, 6) is 0.0702. The van der Waals surface area contributed by atoms with Crippen LogP contribution in [0.4, 0.5) is 0 Å². The lowest BCUT2D eigenvalue weighted by Crippen LogP contribution is -2.37. The fourth-order valence-electron chi connectivity index (χ4n) is 1.31. The number of carbonyl (C=O) groups is 1. The summed E-state index contributed by atoms with van der Waals surface area (Å²) >= 11 is 3.32. The second-order valence-electron chi connectivity index (χ2n) is 3.79. The second-order valence-corrected chi connectivity index (χ2v) is 4.65. The molecule has 0 bridgehead atoms. The number of hydrogen-bond donors (Lipinski definition) is 1. The van der Waals surface area contributed by atoms with Crippen molar-refractivity contribution in [3.05, 3.63) is 16.4 Å². The normalized spacial score (nSPS) is 13.2. The van der Waals surface area contributed by atoms with Gasteiger partial charge in [-0.3, -0.25) is 9.48 Å². The standard InChI is InChI=1S/C10H16BrN3O/c1-4-14-9(7(11)5-13-14)10(15)8(12)6(2)3/h5-6,8H,4,12H2,1-3H3. The van der Waals surface area contributed by atoms with E-state index in [0.29, 0.717) is 16.7 Å². The summed E-state index contributed by atoms with van der Waals surface area (Å²) in [6.45, 7) is 6.47. The van der Waals surface area contributed by atoms with Crippen LogP contribution in [0.25, 0.3) is 0 Å². The second kappa shape index (κ2) is 4.90. The Balaban J connectivity index is 3.04. The first-order chi connectivity index (χ1) is 6.99. The van der Waals surface area contributed by atoms with Crippen LogP contribution in [0.2, 0.25) is 0 Å². The van der Waals surface area contributed by atoms with Gasteiger partial charge in [0.05, 0.1) is 16.7 Å². The van der Waals surface area contributed by atoms with E-state index in [9.17, 15) is 4.79 Å². The average molecular weight is 274 g/mol. The number of hydrogen-bond acceptors (Lipinski definition) is 3. The summed E-state index contributed by atoms with van der Waals surface area (Å²) in [4.78, 5) is 12.0. The molecule has 1 aromatic rings. The molecule has 2 N–H and O–H groups in total. The zero-order valence-corrected chi connectivity index (χ0v) is 10.8. The van der Waals surface area contributed by atoms with Gasteiger partial charge < -0.3 is 5.73 Å². The first-order valence-corrected chi connectivity index (χ1v) is 5.79. The predicted octanol–water partition coefficient (Wildman–Crippen LogP) is 1.83. The van der Waals surface area contributed by atoms with Gasteiger partial charge in [0.1, 0.15) is 5.69 Å². The highest BCUT2D eigenvalue weighted by Gasteiger charge is 2.24. The summed E-state index contributed by atoms with van der Waals surface area (Å²) in [5, 5.41) is 4.09. The molecule has 0 aliphatic carbocycles. The highest BCUT2D eigenvalue weighted by molar-refractivity contribution is 9.10. The van der Waals surface area contributed by atoms with E-state index in [2.05, 4.69) is 21.0 Å². The molecule has 0 amide bonds. The van der Waals surface area contributed by atoms with Gasteiger partial charge in [-0.1, -0.05) is 13.8 Å². The number of nitrogens with zero attached hydrogens (tertiary/aromatic N) is 2. The number of aromatic nitrogens is 2. The maximum absolute atomic E-state index is 12.0. The smallest absolute Gasteiger partial charge is 0.198 e. The summed E-state index contributed by atoms with van der Waals surface area (Å²) in [6.07, 6.45) is 1.63. The van der Waals surface area contributed by atoms with Crippen LogP contribution in [-0.2, 0) is 6.54 Å². The van der Waals surface area contributed by atoms with Crippen LogP contribution in [0.15, 0.2) is 10.7 Å². The third kappa shape index (κ3) is 2.46. The van der Waals surface area contributed by atoms with Crippen LogP contribution >= 0.6 is 15.9 Å². The van der Waals surface area contributed by atoms with Gasteiger partial charge in [-0.15, -0.1) is 0 Å². The van der Waals surface area contributed by atoms with E-state index < -0.39 is 6.04 Å². The molecule has 0 aromatic carbocycles. The quantitative estimate of drug-likeness (QED) is 0.852. The van der Waals surface area contributed by atoms with Crippen LogP contribution in [-0.4, -0.2) is 21.6 Å². The molecule has 84 valence electrons. The Morgan fingerprint density at radius 3 is 2.73 bits per heavy atom. The SMILES string of the molecule is CCn1ncc(Br)c1C(=O)C(N)C(C)C. The first kappa shape index (κ1) is 12.4. The molecule has 0 fully saturated rings. The van der Waals surface area contributed by atoms with Crippen LogP contribution in [0, 0.1) is 5.92 Å². The van der Waals surface area contributed by atoms with Crippen molar-refractivity contribution in [3.8, 4) is 0 Å². The van der Waals surface area contributed by atoms with Crippen molar-refractivity contribution >= 4 is 21.7 Å². The third-order valence-electron chi connectivity index (χ3n) is 2.35. The Labute approximate surface area is 98.0 Å². The van der Waals surface area contributed by atoms with Crippen molar-refractivity contribution in [2.75, 3.05) is 0 Å². The third-order valence-corrected chi connectivity index (χ3v) is 2.93. The lowest BCUT2D eigenvalue weighted by molar-refractivity contribution is 0.0929. The summed E-state index contributed by atoms with van der Waals surface area (Å²) in [7, 11) is 0. The van der Waals surface area contributed by atoms with Crippen LogP contribution < -0.4 is 5.73 Å². The highest BCUT2D eigenvalue weighted by Crippen LogP contribution is 2.19. The van der Waals surface area contributed by atoms with Crippen molar-refractivity contribution in [1.82, 2.24) is 9.78 Å². The number of Topliss-reactive ketones (excluding diaryl/α,β-unsaturated/α-hetero) is 1. The Morgan fingerprint density at radius 1 is 1.67 bits per heavy atom. The number of nitrogens with two attached hydrogens (primary N) is 1. The Hall–Kier alpha value is -0.680. The van der Waals surface area contributed by atoms with Crippen LogP contribution in [0.1, 0.15) is 31.3 Å². The van der Waals surface area contributed by atoms with E-state index in [4.69, 9.17) is 5.73 Å². The van der Waals surface area contributed by atoms with Gasteiger partial charge in [0.15, 0.2) is 5.78 Å². The minimum absolute atomic E-state index is 0.0591. The van der Waals surface area contributed by atoms with Gasteiger partial charge in [0.25, 0.3) is 0 Å². The minimum Gasteiger partial charge on any atom is -0.321 e. The molecule has 15 heavy (non-hydrogen) atoms. The van der Waals surface area contributed by atoms with E-state index >= 15 is 0 Å². The van der Waals surface area contributed by atoms with Gasteiger partial charge in [-0.05, 0) is 28.8 Å². The Kier molecular flexibility index (Phi) is 4.04. The zero-order valence-electron chi connectivity index (χ0n) is 9.20. The maximum Gasteiger partial charge on any atom is 0.198 e. The van der Waals surface area contributed by atoms with Gasteiger partial charge in [0, 0.05) is 6.54 Å². The molecule has 0 saturated carbocycles. The molecule has 5 heteroatoms. The average Bonchev–Trinajstić information content (AvgIpc) is 2.57. The monoisotopic (exact) mass is 273 g/mol. The fourth-order valence-corrected chi connectivity index (χ4v) is 1.80. The van der Waals surface area contributed by atoms with E-state index in [1.165, 1.54) is 0 Å². The number of rotatable bonds is 4. The Bertz CT molecular complexity index is 360. The molecular formula is C10H16BrN3O. The molecule has 1 rings (SSSR count). The van der Waals surface area contributed by atoms with Crippen molar-refractivity contribution in [1.29, 1.82) is 0 Å². The molecule has 0 aliphatic rings. The highest BCUT2D eigenvalue weighted by atomic mass is 79.9. The predicted molar refractivity (Wildman–Crippen MR) is 62.7 cm³/mol. The van der Waals surface area contributed by atoms with Gasteiger partial charge in [-0.2, -0.15) is 5.10 Å². The van der Waals surface area contributed by atoms with E-state index in [0.717, 1.165) is 0 Å². The molecule has 0 spiro atoms. The molecule has 1 heterocycles. The molecule has 0 saturated heterocycles. The number of halogens is 1. The van der Waals surface area contributed by atoms with Crippen molar-refractivity contribution in [2.45, 2.75) is 33.4 Å². The lowest BCUT2D eigenvalue weighted by atomic mass is 9.99. The number of carbonyl (C=O) groups excluding carboxylic acids is 1. The number of aryl methyl sites for hydroxylation is 1. The first-order valence-electron chi connectivity index (χ1n) is 5.00. The van der Waals surface area contributed by atoms with Crippen molar-refractivity contribution in [2.24, 2.45) is 11.7 Å². The topological polar surface area (TPSA) is 60.9 Å². The van der Waals surface area contributed by atoms with Crippen LogP contribution in [0.3, 0.4) is 0 Å². The summed E-state index contributed by atoms with van der Waals surface area (Å²) in [5.41, 5.74) is 6.40. The molecular weight excluding hydrogens is 258 g/mol. The largest absolute Gasteiger partial charge is 0.321 e. The van der Waals surface area contributed by atoms with Crippen molar-refractivity contribution in [3.63, 3.8) is 0 Å². The Morgan fingerprint density at radius 2 is 2.27 bits per heavy atom. The summed E-state index contributed by atoms with van der Waals surface area (Å²) in [6, 6.07) is -0.469. The van der Waals surface area contributed by atoms with Gasteiger partial charge in [0.2, 0.25) is 0 Å². The van der Waals surface area contributed by atoms with Crippen LogP contribution in [0.5, 0.6) is 0 Å². The molecule has 1 atom stereocenters. The molecule has 4 nitrogen and oxygen atoms in total. The maximum atomic E-state index is 12.0. The zero-order chi connectivity index (χ0) is 11.6. The fraction of sp³-hybridized carbons (Fsp3) is 0.600. The van der Waals surface area contributed by atoms with Crippen molar-refractivity contribution < 1.29 is 4.79 Å². The van der Waals surface area contributed by atoms with E-state index in [1.807, 2.05) is 20.8 Å². The van der Waals surface area contributed by atoms with E-state index in [1.54, 1.807) is 10.9 Å². The summed E-state index contributed by atoms with van der Waals surface area (Å²) < 4.78 is 2.37.